The van der Waals surface area contributed by atoms with Crippen molar-refractivity contribution < 1.29 is 14.3 Å². The van der Waals surface area contributed by atoms with Gasteiger partial charge in [0.1, 0.15) is 0 Å². The molecule has 1 heterocycles. The molecule has 0 spiro atoms. The Hall–Kier alpha value is -1.35. The molecule has 2 fully saturated rings. The van der Waals surface area contributed by atoms with Crippen LogP contribution < -0.4 is 0 Å². The van der Waals surface area contributed by atoms with Gasteiger partial charge in [0.05, 0.1) is 25.7 Å². The molecular weight excluding hydrogens is 204 g/mol. The van der Waals surface area contributed by atoms with Gasteiger partial charge in [-0.3, -0.25) is 4.79 Å². The van der Waals surface area contributed by atoms with E-state index in [1.165, 1.54) is 5.56 Å². The molecular formula is C13H14O3. The molecule has 0 bridgehead atoms. The van der Waals surface area contributed by atoms with Crippen LogP contribution in [-0.2, 0) is 20.9 Å². The zero-order valence-electron chi connectivity index (χ0n) is 8.96. The quantitative estimate of drug-likeness (QED) is 0.720. The van der Waals surface area contributed by atoms with Crippen molar-refractivity contribution in [3.63, 3.8) is 0 Å². The number of carbonyl (C=O) groups excluding carboxylic acids is 1. The first-order valence-electron chi connectivity index (χ1n) is 5.64. The number of rotatable bonds is 4. The van der Waals surface area contributed by atoms with E-state index >= 15 is 0 Å². The van der Waals surface area contributed by atoms with Gasteiger partial charge < -0.3 is 9.47 Å². The van der Waals surface area contributed by atoms with Crippen LogP contribution in [-0.4, -0.2) is 19.2 Å². The van der Waals surface area contributed by atoms with Crippen LogP contribution in [0.5, 0.6) is 0 Å². The van der Waals surface area contributed by atoms with Crippen molar-refractivity contribution in [1.29, 1.82) is 0 Å². The molecule has 0 amide bonds. The van der Waals surface area contributed by atoms with Crippen molar-refractivity contribution in [2.24, 2.45) is 17.8 Å². The Balaban J connectivity index is 1.44. The van der Waals surface area contributed by atoms with E-state index in [0.717, 1.165) is 0 Å². The van der Waals surface area contributed by atoms with E-state index in [2.05, 4.69) is 0 Å². The highest BCUT2D eigenvalue weighted by Gasteiger charge is 2.60. The minimum Gasteiger partial charge on any atom is -0.465 e. The number of cyclic esters (lactones) is 1. The summed E-state index contributed by atoms with van der Waals surface area (Å²) in [7, 11) is 0. The van der Waals surface area contributed by atoms with Gasteiger partial charge in [0.2, 0.25) is 0 Å². The molecule has 3 nitrogen and oxygen atoms in total. The zero-order chi connectivity index (χ0) is 11.0. The lowest BCUT2D eigenvalue weighted by Gasteiger charge is -2.06. The van der Waals surface area contributed by atoms with E-state index in [0.29, 0.717) is 31.7 Å². The molecule has 1 aliphatic carbocycles. The third kappa shape index (κ3) is 1.71. The van der Waals surface area contributed by atoms with Crippen LogP contribution in [0.3, 0.4) is 0 Å². The summed E-state index contributed by atoms with van der Waals surface area (Å²) in [5.74, 6) is 0.947. The molecule has 3 atom stereocenters. The molecule has 0 N–H and O–H groups in total. The number of esters is 1. The lowest BCUT2D eigenvalue weighted by Crippen LogP contribution is -2.09. The topological polar surface area (TPSA) is 35.5 Å². The lowest BCUT2D eigenvalue weighted by molar-refractivity contribution is -0.142. The van der Waals surface area contributed by atoms with E-state index in [4.69, 9.17) is 9.47 Å². The maximum absolute atomic E-state index is 11.2. The number of carbonyl (C=O) groups is 1. The second-order valence-corrected chi connectivity index (χ2v) is 4.48. The van der Waals surface area contributed by atoms with E-state index in [1.807, 2.05) is 30.3 Å². The summed E-state index contributed by atoms with van der Waals surface area (Å²) in [4.78, 5) is 11.2. The van der Waals surface area contributed by atoms with Crippen LogP contribution in [0.1, 0.15) is 5.56 Å². The van der Waals surface area contributed by atoms with Crippen LogP contribution in [0.4, 0.5) is 0 Å². The third-order valence-corrected chi connectivity index (χ3v) is 3.44. The SMILES string of the molecule is O=C1OCC2C(COCc3ccccc3)C12. The lowest BCUT2D eigenvalue weighted by atomic mass is 10.2. The summed E-state index contributed by atoms with van der Waals surface area (Å²) in [5, 5.41) is 0. The van der Waals surface area contributed by atoms with Crippen LogP contribution in [0.25, 0.3) is 0 Å². The Kier molecular flexibility index (Phi) is 2.40. The van der Waals surface area contributed by atoms with E-state index < -0.39 is 0 Å². The molecule has 1 aromatic carbocycles. The fourth-order valence-electron chi connectivity index (χ4n) is 2.41. The Bertz CT molecular complexity index is 387. The molecule has 2 aliphatic rings. The predicted molar refractivity (Wildman–Crippen MR) is 57.5 cm³/mol. The van der Waals surface area contributed by atoms with Gasteiger partial charge in [0, 0.05) is 11.8 Å². The van der Waals surface area contributed by atoms with Gasteiger partial charge in [-0.05, 0) is 5.56 Å². The van der Waals surface area contributed by atoms with Gasteiger partial charge >= 0.3 is 5.97 Å². The molecule has 1 saturated heterocycles. The first kappa shape index (κ1) is 9.85. The predicted octanol–water partition coefficient (Wildman–Crippen LogP) is 1.62. The molecule has 1 aromatic rings. The number of fused-ring (bicyclic) bond motifs is 1. The Morgan fingerprint density at radius 2 is 2.12 bits per heavy atom. The van der Waals surface area contributed by atoms with Crippen molar-refractivity contribution in [2.45, 2.75) is 6.61 Å². The minimum absolute atomic E-state index is 0.0293. The van der Waals surface area contributed by atoms with Gasteiger partial charge in [-0.1, -0.05) is 30.3 Å². The fourth-order valence-corrected chi connectivity index (χ4v) is 2.41. The first-order valence-corrected chi connectivity index (χ1v) is 5.64. The Labute approximate surface area is 94.4 Å². The van der Waals surface area contributed by atoms with E-state index in [9.17, 15) is 4.79 Å². The second kappa shape index (κ2) is 3.91. The van der Waals surface area contributed by atoms with Crippen molar-refractivity contribution >= 4 is 5.97 Å². The van der Waals surface area contributed by atoms with E-state index in [1.54, 1.807) is 0 Å². The molecule has 0 aromatic heterocycles. The second-order valence-electron chi connectivity index (χ2n) is 4.48. The molecule has 16 heavy (non-hydrogen) atoms. The normalized spacial score (nSPS) is 31.0. The maximum atomic E-state index is 11.2. The number of hydrogen-bond acceptors (Lipinski definition) is 3. The summed E-state index contributed by atoms with van der Waals surface area (Å²) in [6.45, 7) is 1.91. The first-order chi connectivity index (χ1) is 7.86. The maximum Gasteiger partial charge on any atom is 0.309 e. The Morgan fingerprint density at radius 3 is 2.81 bits per heavy atom. The highest BCUT2D eigenvalue weighted by molar-refractivity contribution is 5.79. The molecule has 3 rings (SSSR count). The number of benzene rings is 1. The van der Waals surface area contributed by atoms with E-state index in [-0.39, 0.29) is 11.9 Å². The largest absolute Gasteiger partial charge is 0.465 e. The van der Waals surface area contributed by atoms with Crippen LogP contribution >= 0.6 is 0 Å². The average Bonchev–Trinajstić information content (AvgIpc) is 2.87. The highest BCUT2D eigenvalue weighted by Crippen LogP contribution is 2.51. The van der Waals surface area contributed by atoms with Crippen molar-refractivity contribution in [2.75, 3.05) is 13.2 Å². The molecule has 1 saturated carbocycles. The average molecular weight is 218 g/mol. The summed E-state index contributed by atoms with van der Waals surface area (Å²) < 4.78 is 10.5. The highest BCUT2D eigenvalue weighted by atomic mass is 16.5. The summed E-state index contributed by atoms with van der Waals surface area (Å²) in [5.41, 5.74) is 1.18. The van der Waals surface area contributed by atoms with Gasteiger partial charge in [0.15, 0.2) is 0 Å². The van der Waals surface area contributed by atoms with Gasteiger partial charge in [-0.2, -0.15) is 0 Å². The van der Waals surface area contributed by atoms with Gasteiger partial charge in [-0.15, -0.1) is 0 Å². The molecule has 3 unspecified atom stereocenters. The van der Waals surface area contributed by atoms with Crippen molar-refractivity contribution in [3.8, 4) is 0 Å². The minimum atomic E-state index is -0.0293. The zero-order valence-corrected chi connectivity index (χ0v) is 8.96. The summed E-state index contributed by atoms with van der Waals surface area (Å²) in [6.07, 6.45) is 0. The summed E-state index contributed by atoms with van der Waals surface area (Å²) in [6, 6.07) is 10.1. The molecule has 1 aliphatic heterocycles. The monoisotopic (exact) mass is 218 g/mol. The smallest absolute Gasteiger partial charge is 0.309 e. The van der Waals surface area contributed by atoms with Crippen molar-refractivity contribution in [1.82, 2.24) is 0 Å². The number of hydrogen-bond donors (Lipinski definition) is 0. The molecule has 3 heteroatoms. The Morgan fingerprint density at radius 1 is 1.31 bits per heavy atom. The standard InChI is InChI=1S/C13H14O3/c14-13-12-10(11(12)8-16-13)7-15-6-9-4-2-1-3-5-9/h1-5,10-12H,6-8H2. The van der Waals surface area contributed by atoms with Crippen LogP contribution in [0.2, 0.25) is 0 Å². The van der Waals surface area contributed by atoms with Gasteiger partial charge in [-0.25, -0.2) is 0 Å². The van der Waals surface area contributed by atoms with Crippen LogP contribution in [0.15, 0.2) is 30.3 Å². The number of ether oxygens (including phenoxy) is 2. The summed E-state index contributed by atoms with van der Waals surface area (Å²) >= 11 is 0. The molecule has 0 radical (unpaired) electrons. The van der Waals surface area contributed by atoms with Crippen LogP contribution in [0, 0.1) is 17.8 Å². The van der Waals surface area contributed by atoms with Crippen molar-refractivity contribution in [3.05, 3.63) is 35.9 Å². The molecule has 84 valence electrons. The third-order valence-electron chi connectivity index (χ3n) is 3.44. The van der Waals surface area contributed by atoms with Gasteiger partial charge in [0.25, 0.3) is 0 Å². The fraction of sp³-hybridized carbons (Fsp3) is 0.462.